The molecular weight excluding hydrogens is 224 g/mol. The molecule has 0 saturated heterocycles. The Morgan fingerprint density at radius 2 is 2.28 bits per heavy atom. The molecule has 0 aliphatic heterocycles. The smallest absolute Gasteiger partial charge is 0.267 e. The Bertz CT molecular complexity index is 465. The fourth-order valence-electron chi connectivity index (χ4n) is 2.34. The molecule has 1 aliphatic rings. The third kappa shape index (κ3) is 3.42. The van der Waals surface area contributed by atoms with Crippen LogP contribution in [-0.4, -0.2) is 11.6 Å². The van der Waals surface area contributed by atoms with Crippen molar-refractivity contribution in [2.75, 3.05) is 0 Å². The molecule has 18 heavy (non-hydrogen) atoms. The summed E-state index contributed by atoms with van der Waals surface area (Å²) in [5.74, 6) is 0.567. The molecule has 96 valence electrons. The summed E-state index contributed by atoms with van der Waals surface area (Å²) in [6.07, 6.45) is 4.47. The van der Waals surface area contributed by atoms with Gasteiger partial charge >= 0.3 is 0 Å². The summed E-state index contributed by atoms with van der Waals surface area (Å²) in [5, 5.41) is 4.26. The standard InChI is InChI=1S/C15H20N2O/c1-11-5-3-7-13(9-11)15(18)17-16-14-8-4-6-12(2)10-14/h3,5,7,9,12H,4,6,8,10H2,1-2H3,(H,17,18)/b16-14+. The molecule has 3 heteroatoms. The minimum Gasteiger partial charge on any atom is -0.267 e. The lowest BCUT2D eigenvalue weighted by Crippen LogP contribution is -2.22. The largest absolute Gasteiger partial charge is 0.271 e. The number of carbonyl (C=O) groups is 1. The van der Waals surface area contributed by atoms with Crippen LogP contribution in [0.2, 0.25) is 0 Å². The van der Waals surface area contributed by atoms with Crippen molar-refractivity contribution in [3.63, 3.8) is 0 Å². The van der Waals surface area contributed by atoms with Gasteiger partial charge in [0.05, 0.1) is 0 Å². The third-order valence-corrected chi connectivity index (χ3v) is 3.34. The minimum atomic E-state index is -0.121. The molecule has 1 fully saturated rings. The highest BCUT2D eigenvalue weighted by atomic mass is 16.2. The molecule has 3 nitrogen and oxygen atoms in total. The van der Waals surface area contributed by atoms with E-state index in [1.165, 1.54) is 12.8 Å². The lowest BCUT2D eigenvalue weighted by Gasteiger charge is -2.18. The van der Waals surface area contributed by atoms with Crippen LogP contribution in [0.5, 0.6) is 0 Å². The maximum absolute atomic E-state index is 11.9. The quantitative estimate of drug-likeness (QED) is 0.797. The van der Waals surface area contributed by atoms with Gasteiger partial charge in [0.2, 0.25) is 0 Å². The lowest BCUT2D eigenvalue weighted by molar-refractivity contribution is 0.0954. The Morgan fingerprint density at radius 1 is 1.44 bits per heavy atom. The zero-order valence-corrected chi connectivity index (χ0v) is 11.1. The number of aryl methyl sites for hydroxylation is 1. The van der Waals surface area contributed by atoms with Crippen LogP contribution >= 0.6 is 0 Å². The highest BCUT2D eigenvalue weighted by Gasteiger charge is 2.14. The van der Waals surface area contributed by atoms with Crippen molar-refractivity contribution in [1.29, 1.82) is 0 Å². The Labute approximate surface area is 108 Å². The van der Waals surface area contributed by atoms with Crippen LogP contribution in [0, 0.1) is 12.8 Å². The molecule has 1 aromatic rings. The monoisotopic (exact) mass is 244 g/mol. The highest BCUT2D eigenvalue weighted by Crippen LogP contribution is 2.20. The van der Waals surface area contributed by atoms with E-state index in [0.717, 1.165) is 24.1 Å². The number of hydrogen-bond donors (Lipinski definition) is 1. The second-order valence-electron chi connectivity index (χ2n) is 5.19. The van der Waals surface area contributed by atoms with E-state index >= 15 is 0 Å². The fraction of sp³-hybridized carbons (Fsp3) is 0.467. The third-order valence-electron chi connectivity index (χ3n) is 3.34. The predicted octanol–water partition coefficient (Wildman–Crippen LogP) is 3.29. The van der Waals surface area contributed by atoms with Gasteiger partial charge < -0.3 is 0 Å². The van der Waals surface area contributed by atoms with Gasteiger partial charge in [0, 0.05) is 11.3 Å². The first kappa shape index (κ1) is 12.8. The van der Waals surface area contributed by atoms with Crippen molar-refractivity contribution in [2.24, 2.45) is 11.0 Å². The molecular formula is C15H20N2O. The number of nitrogens with one attached hydrogen (secondary N) is 1. The number of rotatable bonds is 2. The van der Waals surface area contributed by atoms with Crippen molar-refractivity contribution in [1.82, 2.24) is 5.43 Å². The van der Waals surface area contributed by atoms with Gasteiger partial charge in [0.1, 0.15) is 0 Å². The van der Waals surface area contributed by atoms with Crippen molar-refractivity contribution >= 4 is 11.6 Å². The average molecular weight is 244 g/mol. The number of carbonyl (C=O) groups excluding carboxylic acids is 1. The molecule has 0 bridgehead atoms. The molecule has 0 spiro atoms. The molecule has 0 radical (unpaired) electrons. The molecule has 1 saturated carbocycles. The molecule has 0 aromatic heterocycles. The zero-order chi connectivity index (χ0) is 13.0. The van der Waals surface area contributed by atoms with Crippen LogP contribution in [-0.2, 0) is 0 Å². The molecule has 2 rings (SSSR count). The molecule has 1 aliphatic carbocycles. The average Bonchev–Trinajstić information content (AvgIpc) is 2.36. The first-order chi connectivity index (χ1) is 8.65. The predicted molar refractivity (Wildman–Crippen MR) is 73.7 cm³/mol. The number of amides is 1. The van der Waals surface area contributed by atoms with Gasteiger partial charge in [-0.1, -0.05) is 24.6 Å². The van der Waals surface area contributed by atoms with Gasteiger partial charge in [-0.15, -0.1) is 0 Å². The fourth-order valence-corrected chi connectivity index (χ4v) is 2.34. The van der Waals surface area contributed by atoms with Gasteiger partial charge in [-0.2, -0.15) is 5.10 Å². The van der Waals surface area contributed by atoms with Gasteiger partial charge in [-0.3, -0.25) is 4.79 Å². The normalized spacial score (nSPS) is 21.9. The van der Waals surface area contributed by atoms with Gasteiger partial charge in [-0.05, 0) is 50.7 Å². The molecule has 1 N–H and O–H groups in total. The van der Waals surface area contributed by atoms with Crippen LogP contribution in [0.1, 0.15) is 48.5 Å². The van der Waals surface area contributed by atoms with Crippen molar-refractivity contribution < 1.29 is 4.79 Å². The van der Waals surface area contributed by atoms with E-state index < -0.39 is 0 Å². The van der Waals surface area contributed by atoms with E-state index in [1.807, 2.05) is 31.2 Å². The summed E-state index contributed by atoms with van der Waals surface area (Å²) in [4.78, 5) is 11.9. The SMILES string of the molecule is Cc1cccc(C(=O)N/N=C2\CCCC(C)C2)c1. The summed E-state index contributed by atoms with van der Waals surface area (Å²) in [6.45, 7) is 4.21. The van der Waals surface area contributed by atoms with Gasteiger partial charge in [0.25, 0.3) is 5.91 Å². The summed E-state index contributed by atoms with van der Waals surface area (Å²) in [5.41, 5.74) is 5.54. The molecule has 1 atom stereocenters. The molecule has 1 amide bonds. The van der Waals surface area contributed by atoms with Crippen molar-refractivity contribution in [3.05, 3.63) is 35.4 Å². The van der Waals surface area contributed by atoms with Crippen LogP contribution in [0.15, 0.2) is 29.4 Å². The highest BCUT2D eigenvalue weighted by molar-refractivity contribution is 5.95. The van der Waals surface area contributed by atoms with E-state index in [2.05, 4.69) is 17.5 Å². The van der Waals surface area contributed by atoms with Crippen LogP contribution < -0.4 is 5.43 Å². The zero-order valence-electron chi connectivity index (χ0n) is 11.1. The number of hydrogen-bond acceptors (Lipinski definition) is 2. The van der Waals surface area contributed by atoms with Gasteiger partial charge in [-0.25, -0.2) is 5.43 Å². The number of hydrazone groups is 1. The van der Waals surface area contributed by atoms with Crippen molar-refractivity contribution in [3.8, 4) is 0 Å². The first-order valence-electron chi connectivity index (χ1n) is 6.57. The van der Waals surface area contributed by atoms with E-state index in [-0.39, 0.29) is 5.91 Å². The maximum atomic E-state index is 11.9. The van der Waals surface area contributed by atoms with E-state index in [1.54, 1.807) is 0 Å². The Morgan fingerprint density at radius 3 is 3.00 bits per heavy atom. The van der Waals surface area contributed by atoms with E-state index in [4.69, 9.17) is 0 Å². The summed E-state index contributed by atoms with van der Waals surface area (Å²) in [6, 6.07) is 7.55. The second kappa shape index (κ2) is 5.80. The summed E-state index contributed by atoms with van der Waals surface area (Å²) < 4.78 is 0. The van der Waals surface area contributed by atoms with Crippen LogP contribution in [0.25, 0.3) is 0 Å². The number of nitrogens with zero attached hydrogens (tertiary/aromatic N) is 1. The topological polar surface area (TPSA) is 41.5 Å². The summed E-state index contributed by atoms with van der Waals surface area (Å²) in [7, 11) is 0. The summed E-state index contributed by atoms with van der Waals surface area (Å²) >= 11 is 0. The minimum absolute atomic E-state index is 0.121. The lowest BCUT2D eigenvalue weighted by atomic mass is 9.89. The Hall–Kier alpha value is -1.64. The van der Waals surface area contributed by atoms with Crippen LogP contribution in [0.3, 0.4) is 0 Å². The first-order valence-corrected chi connectivity index (χ1v) is 6.57. The van der Waals surface area contributed by atoms with Gasteiger partial charge in [0.15, 0.2) is 0 Å². The Kier molecular flexibility index (Phi) is 4.13. The molecule has 1 unspecified atom stereocenters. The molecule has 1 aromatic carbocycles. The maximum Gasteiger partial charge on any atom is 0.271 e. The number of benzene rings is 1. The van der Waals surface area contributed by atoms with E-state index in [0.29, 0.717) is 11.5 Å². The van der Waals surface area contributed by atoms with E-state index in [9.17, 15) is 4.79 Å². The second-order valence-corrected chi connectivity index (χ2v) is 5.19. The molecule has 0 heterocycles. The Balaban J connectivity index is 1.97. The van der Waals surface area contributed by atoms with Crippen molar-refractivity contribution in [2.45, 2.75) is 39.5 Å². The van der Waals surface area contributed by atoms with Crippen LogP contribution in [0.4, 0.5) is 0 Å².